The summed E-state index contributed by atoms with van der Waals surface area (Å²) in [5, 5.41) is 3.29. The third-order valence-corrected chi connectivity index (χ3v) is 2.59. The molecule has 3 heteroatoms. The molecule has 2 atom stereocenters. The van der Waals surface area contributed by atoms with Crippen LogP contribution in [0.5, 0.6) is 0 Å². The molecule has 1 aliphatic rings. The van der Waals surface area contributed by atoms with Gasteiger partial charge in [0.2, 0.25) is 0 Å². The average Bonchev–Trinajstić information content (AvgIpc) is 2.47. The number of nitrogens with two attached hydrogens (primary N) is 1. The van der Waals surface area contributed by atoms with Crippen molar-refractivity contribution in [1.82, 2.24) is 0 Å². The standard InChI is InChI=1S/C11H15FN2/c1-7(13)5-8-6-9-10(12)3-2-4-11(9)14-8/h2-4,7-8,14H,5-6,13H2,1H3. The number of hydrogen-bond acceptors (Lipinski definition) is 2. The van der Waals surface area contributed by atoms with Gasteiger partial charge in [-0.3, -0.25) is 0 Å². The number of nitrogens with one attached hydrogen (secondary N) is 1. The Hall–Kier alpha value is -1.09. The van der Waals surface area contributed by atoms with Crippen molar-refractivity contribution in [1.29, 1.82) is 0 Å². The molecule has 3 N–H and O–H groups in total. The predicted octanol–water partition coefficient (Wildman–Crippen LogP) is 1.90. The number of halogens is 1. The van der Waals surface area contributed by atoms with E-state index in [1.54, 1.807) is 6.07 Å². The highest BCUT2D eigenvalue weighted by molar-refractivity contribution is 5.57. The molecule has 0 amide bonds. The van der Waals surface area contributed by atoms with Crippen molar-refractivity contribution in [2.75, 3.05) is 5.32 Å². The molecule has 0 aromatic heterocycles. The number of benzene rings is 1. The van der Waals surface area contributed by atoms with E-state index in [4.69, 9.17) is 5.73 Å². The summed E-state index contributed by atoms with van der Waals surface area (Å²) in [7, 11) is 0. The van der Waals surface area contributed by atoms with Crippen LogP contribution in [0.3, 0.4) is 0 Å². The minimum atomic E-state index is -0.109. The molecule has 2 unspecified atom stereocenters. The largest absolute Gasteiger partial charge is 0.382 e. The summed E-state index contributed by atoms with van der Waals surface area (Å²) >= 11 is 0. The third kappa shape index (κ3) is 1.73. The first kappa shape index (κ1) is 9.46. The number of rotatable bonds is 2. The Balaban J connectivity index is 2.14. The fourth-order valence-electron chi connectivity index (χ4n) is 2.01. The van der Waals surface area contributed by atoms with E-state index in [-0.39, 0.29) is 11.9 Å². The van der Waals surface area contributed by atoms with Crippen molar-refractivity contribution in [2.45, 2.75) is 31.8 Å². The van der Waals surface area contributed by atoms with Gasteiger partial charge in [0.05, 0.1) is 0 Å². The molecule has 0 aliphatic carbocycles. The van der Waals surface area contributed by atoms with Crippen molar-refractivity contribution >= 4 is 5.69 Å². The van der Waals surface area contributed by atoms with Gasteiger partial charge in [-0.2, -0.15) is 0 Å². The summed E-state index contributed by atoms with van der Waals surface area (Å²) in [4.78, 5) is 0. The second kappa shape index (κ2) is 3.58. The van der Waals surface area contributed by atoms with Gasteiger partial charge in [-0.05, 0) is 31.9 Å². The van der Waals surface area contributed by atoms with Gasteiger partial charge in [-0.1, -0.05) is 6.07 Å². The zero-order chi connectivity index (χ0) is 10.1. The Bertz CT molecular complexity index is 336. The molecule has 1 aromatic carbocycles. The monoisotopic (exact) mass is 194 g/mol. The molecule has 0 saturated heterocycles. The van der Waals surface area contributed by atoms with Crippen LogP contribution >= 0.6 is 0 Å². The summed E-state index contributed by atoms with van der Waals surface area (Å²) in [5.41, 5.74) is 7.44. The highest BCUT2D eigenvalue weighted by atomic mass is 19.1. The molecule has 0 saturated carbocycles. The van der Waals surface area contributed by atoms with Crippen LogP contribution in [-0.2, 0) is 6.42 Å². The van der Waals surface area contributed by atoms with Gasteiger partial charge in [-0.15, -0.1) is 0 Å². The van der Waals surface area contributed by atoms with Gasteiger partial charge in [-0.25, -0.2) is 4.39 Å². The molecule has 0 fully saturated rings. The maximum Gasteiger partial charge on any atom is 0.128 e. The summed E-state index contributed by atoms with van der Waals surface area (Å²) in [6, 6.07) is 5.61. The zero-order valence-corrected chi connectivity index (χ0v) is 8.26. The molecular weight excluding hydrogens is 179 g/mol. The molecule has 14 heavy (non-hydrogen) atoms. The summed E-state index contributed by atoms with van der Waals surface area (Å²) in [6.07, 6.45) is 1.64. The fourth-order valence-corrected chi connectivity index (χ4v) is 2.01. The van der Waals surface area contributed by atoms with E-state index in [1.165, 1.54) is 6.07 Å². The van der Waals surface area contributed by atoms with Gasteiger partial charge < -0.3 is 11.1 Å². The van der Waals surface area contributed by atoms with Crippen LogP contribution in [0.1, 0.15) is 18.9 Å². The lowest BCUT2D eigenvalue weighted by atomic mass is 10.0. The van der Waals surface area contributed by atoms with Crippen LogP contribution in [0.15, 0.2) is 18.2 Å². The second-order valence-electron chi connectivity index (χ2n) is 4.02. The summed E-state index contributed by atoms with van der Waals surface area (Å²) in [6.45, 7) is 1.97. The molecule has 1 aromatic rings. The lowest BCUT2D eigenvalue weighted by Gasteiger charge is -2.13. The average molecular weight is 194 g/mol. The van der Waals surface area contributed by atoms with E-state index < -0.39 is 0 Å². The first-order valence-electron chi connectivity index (χ1n) is 4.96. The number of hydrogen-bond donors (Lipinski definition) is 2. The Labute approximate surface area is 83.3 Å². The fraction of sp³-hybridized carbons (Fsp3) is 0.455. The maximum atomic E-state index is 13.3. The van der Waals surface area contributed by atoms with Crippen molar-refractivity contribution in [3.05, 3.63) is 29.6 Å². The molecule has 0 radical (unpaired) electrons. The van der Waals surface area contributed by atoms with Crippen LogP contribution in [0, 0.1) is 5.82 Å². The highest BCUT2D eigenvalue weighted by Gasteiger charge is 2.23. The molecular formula is C11H15FN2. The smallest absolute Gasteiger partial charge is 0.128 e. The minimum Gasteiger partial charge on any atom is -0.382 e. The van der Waals surface area contributed by atoms with Gasteiger partial charge in [0.25, 0.3) is 0 Å². The Morgan fingerprint density at radius 3 is 3.07 bits per heavy atom. The summed E-state index contributed by atoms with van der Waals surface area (Å²) in [5.74, 6) is -0.109. The molecule has 1 heterocycles. The highest BCUT2D eigenvalue weighted by Crippen LogP contribution is 2.29. The maximum absolute atomic E-state index is 13.3. The molecule has 2 rings (SSSR count). The third-order valence-electron chi connectivity index (χ3n) is 2.59. The lowest BCUT2D eigenvalue weighted by Crippen LogP contribution is -2.26. The Morgan fingerprint density at radius 1 is 1.64 bits per heavy atom. The van der Waals surface area contributed by atoms with Gasteiger partial charge in [0, 0.05) is 23.3 Å². The molecule has 2 nitrogen and oxygen atoms in total. The van der Waals surface area contributed by atoms with E-state index in [0.717, 1.165) is 24.1 Å². The lowest BCUT2D eigenvalue weighted by molar-refractivity contribution is 0.569. The van der Waals surface area contributed by atoms with Crippen molar-refractivity contribution in [2.24, 2.45) is 5.73 Å². The molecule has 1 aliphatic heterocycles. The van der Waals surface area contributed by atoms with E-state index in [2.05, 4.69) is 5.32 Å². The predicted molar refractivity (Wildman–Crippen MR) is 55.8 cm³/mol. The Kier molecular flexibility index (Phi) is 2.42. The first-order chi connectivity index (χ1) is 6.66. The molecule has 0 spiro atoms. The Morgan fingerprint density at radius 2 is 2.43 bits per heavy atom. The van der Waals surface area contributed by atoms with E-state index in [0.29, 0.717) is 6.04 Å². The molecule has 0 bridgehead atoms. The minimum absolute atomic E-state index is 0.109. The van der Waals surface area contributed by atoms with Crippen LogP contribution in [-0.4, -0.2) is 12.1 Å². The van der Waals surface area contributed by atoms with E-state index >= 15 is 0 Å². The first-order valence-corrected chi connectivity index (χ1v) is 4.96. The SMILES string of the molecule is CC(N)CC1Cc2c(F)cccc2N1. The zero-order valence-electron chi connectivity index (χ0n) is 8.26. The number of anilines is 1. The number of fused-ring (bicyclic) bond motifs is 1. The van der Waals surface area contributed by atoms with Crippen LogP contribution < -0.4 is 11.1 Å². The van der Waals surface area contributed by atoms with Crippen molar-refractivity contribution in [3.63, 3.8) is 0 Å². The van der Waals surface area contributed by atoms with Crippen molar-refractivity contribution < 1.29 is 4.39 Å². The second-order valence-corrected chi connectivity index (χ2v) is 4.02. The molecule has 76 valence electrons. The van der Waals surface area contributed by atoms with Crippen LogP contribution in [0.25, 0.3) is 0 Å². The topological polar surface area (TPSA) is 38.0 Å². The summed E-state index contributed by atoms with van der Waals surface area (Å²) < 4.78 is 13.3. The van der Waals surface area contributed by atoms with Crippen LogP contribution in [0.2, 0.25) is 0 Å². The van der Waals surface area contributed by atoms with Gasteiger partial charge in [0.15, 0.2) is 0 Å². The van der Waals surface area contributed by atoms with Gasteiger partial charge in [0.1, 0.15) is 5.82 Å². The van der Waals surface area contributed by atoms with Gasteiger partial charge >= 0.3 is 0 Å². The normalized spacial score (nSPS) is 21.5. The van der Waals surface area contributed by atoms with E-state index in [1.807, 2.05) is 13.0 Å². The quantitative estimate of drug-likeness (QED) is 0.754. The van der Waals surface area contributed by atoms with Crippen LogP contribution in [0.4, 0.5) is 10.1 Å². The van der Waals surface area contributed by atoms with Crippen molar-refractivity contribution in [3.8, 4) is 0 Å². The van der Waals surface area contributed by atoms with E-state index in [9.17, 15) is 4.39 Å².